The summed E-state index contributed by atoms with van der Waals surface area (Å²) in [6.07, 6.45) is 0. The summed E-state index contributed by atoms with van der Waals surface area (Å²) in [5.41, 5.74) is 13.8. The molecule has 0 unspecified atom stereocenters. The first-order valence-corrected chi connectivity index (χ1v) is 19.2. The lowest BCUT2D eigenvalue weighted by molar-refractivity contribution is 0.621. The highest BCUT2D eigenvalue weighted by Gasteiger charge is 2.20. The predicted octanol–water partition coefficient (Wildman–Crippen LogP) is 15.0. The summed E-state index contributed by atoms with van der Waals surface area (Å²) < 4.78 is 13.0. The highest BCUT2D eigenvalue weighted by Crippen LogP contribution is 2.43. The molecule has 0 atom stereocenters. The molecule has 0 saturated heterocycles. The monoisotopic (exact) mass is 730 g/mol. The van der Waals surface area contributed by atoms with E-state index in [0.717, 1.165) is 83.5 Å². The van der Waals surface area contributed by atoms with Gasteiger partial charge < -0.3 is 13.7 Å². The van der Waals surface area contributed by atoms with E-state index in [0.29, 0.717) is 5.89 Å². The maximum atomic E-state index is 6.64. The zero-order valence-electron chi connectivity index (χ0n) is 30.8. The summed E-state index contributed by atoms with van der Waals surface area (Å²) in [5.74, 6) is 0.602. The first-order valence-electron chi connectivity index (χ1n) is 19.2. The molecule has 57 heavy (non-hydrogen) atoms. The van der Waals surface area contributed by atoms with Gasteiger partial charge in [0.1, 0.15) is 16.7 Å². The molecule has 4 heteroatoms. The van der Waals surface area contributed by atoms with Gasteiger partial charge in [-0.05, 0) is 93.7 Å². The van der Waals surface area contributed by atoms with Crippen molar-refractivity contribution in [3.63, 3.8) is 0 Å². The summed E-state index contributed by atoms with van der Waals surface area (Å²) in [6, 6.07) is 72.1. The second kappa shape index (κ2) is 13.6. The Morgan fingerprint density at radius 3 is 1.81 bits per heavy atom. The van der Waals surface area contributed by atoms with Crippen LogP contribution in [0.1, 0.15) is 0 Å². The van der Waals surface area contributed by atoms with Gasteiger partial charge in [-0.1, -0.05) is 140 Å². The molecule has 0 fully saturated rings. The molecule has 11 aromatic rings. The van der Waals surface area contributed by atoms with Crippen LogP contribution in [0.3, 0.4) is 0 Å². The molecule has 0 bridgehead atoms. The molecule has 0 aliphatic heterocycles. The number of anilines is 3. The summed E-state index contributed by atoms with van der Waals surface area (Å²) in [6.45, 7) is 0. The Balaban J connectivity index is 1.05. The van der Waals surface area contributed by atoms with E-state index < -0.39 is 0 Å². The van der Waals surface area contributed by atoms with Gasteiger partial charge in [-0.25, -0.2) is 4.98 Å². The van der Waals surface area contributed by atoms with E-state index in [1.807, 2.05) is 48.5 Å². The van der Waals surface area contributed by atoms with Gasteiger partial charge in [-0.3, -0.25) is 0 Å². The van der Waals surface area contributed by atoms with Crippen LogP contribution in [0.2, 0.25) is 0 Å². The third-order valence-electron chi connectivity index (χ3n) is 10.9. The largest absolute Gasteiger partial charge is 0.456 e. The van der Waals surface area contributed by atoms with Crippen molar-refractivity contribution < 1.29 is 8.83 Å². The van der Waals surface area contributed by atoms with Gasteiger partial charge in [-0.15, -0.1) is 0 Å². The Kier molecular flexibility index (Phi) is 7.78. The van der Waals surface area contributed by atoms with E-state index in [1.54, 1.807) is 0 Å². The van der Waals surface area contributed by atoms with Gasteiger partial charge in [0.15, 0.2) is 5.58 Å². The summed E-state index contributed by atoms with van der Waals surface area (Å²) >= 11 is 0. The third-order valence-corrected chi connectivity index (χ3v) is 10.9. The van der Waals surface area contributed by atoms with E-state index in [4.69, 9.17) is 13.8 Å². The minimum absolute atomic E-state index is 0.602. The molecule has 2 heterocycles. The molecule has 268 valence electrons. The standard InChI is InChI=1S/C53H34N2O2/c1-3-13-36(14-4-1)45-31-32-46(52-51(45)54-53(57-52)38-16-5-2-6-17-38)37-25-27-40(28-26-37)55(42-29-30-48-47-22-9-10-24-49(47)56-50(48)34-42)41-20-11-19-39(33-41)44-23-12-18-35-15-7-8-21-43(35)44/h1-34H. The number of hydrogen-bond donors (Lipinski definition) is 0. The minimum Gasteiger partial charge on any atom is -0.456 e. The molecule has 0 amide bonds. The van der Waals surface area contributed by atoms with Gasteiger partial charge in [0.25, 0.3) is 0 Å². The molecular formula is C53H34N2O2. The van der Waals surface area contributed by atoms with Crippen molar-refractivity contribution in [2.45, 2.75) is 0 Å². The Bertz CT molecular complexity index is 3230. The van der Waals surface area contributed by atoms with Crippen LogP contribution in [0.25, 0.3) is 88.6 Å². The van der Waals surface area contributed by atoms with Gasteiger partial charge in [-0.2, -0.15) is 0 Å². The number of aromatic nitrogens is 1. The minimum atomic E-state index is 0.602. The molecule has 2 aromatic heterocycles. The average Bonchev–Trinajstić information content (AvgIpc) is 3.90. The summed E-state index contributed by atoms with van der Waals surface area (Å²) in [4.78, 5) is 7.39. The van der Waals surface area contributed by atoms with Crippen LogP contribution in [-0.2, 0) is 0 Å². The lowest BCUT2D eigenvalue weighted by Crippen LogP contribution is -2.10. The summed E-state index contributed by atoms with van der Waals surface area (Å²) in [7, 11) is 0. The maximum Gasteiger partial charge on any atom is 0.227 e. The third kappa shape index (κ3) is 5.74. The Morgan fingerprint density at radius 2 is 0.965 bits per heavy atom. The number of para-hydroxylation sites is 1. The highest BCUT2D eigenvalue weighted by atomic mass is 16.3. The van der Waals surface area contributed by atoms with Gasteiger partial charge in [0, 0.05) is 50.6 Å². The number of benzene rings is 9. The van der Waals surface area contributed by atoms with Crippen LogP contribution in [-0.4, -0.2) is 4.98 Å². The SMILES string of the molecule is c1ccc(-c2nc3c(-c4ccccc4)ccc(-c4ccc(N(c5cccc(-c6cccc7ccccc67)c5)c5ccc6c(c5)oc5ccccc56)cc4)c3o2)cc1. The van der Waals surface area contributed by atoms with Crippen LogP contribution in [0.15, 0.2) is 215 Å². The van der Waals surface area contributed by atoms with Gasteiger partial charge in [0.05, 0.1) is 0 Å². The number of rotatable bonds is 7. The van der Waals surface area contributed by atoms with Crippen LogP contribution >= 0.6 is 0 Å². The van der Waals surface area contributed by atoms with Crippen LogP contribution in [0.4, 0.5) is 17.1 Å². The number of fused-ring (bicyclic) bond motifs is 5. The fourth-order valence-electron chi connectivity index (χ4n) is 8.17. The van der Waals surface area contributed by atoms with Crippen LogP contribution < -0.4 is 4.90 Å². The normalized spacial score (nSPS) is 11.5. The Morgan fingerprint density at radius 1 is 0.351 bits per heavy atom. The van der Waals surface area contributed by atoms with Crippen molar-refractivity contribution in [2.24, 2.45) is 0 Å². The predicted molar refractivity (Wildman–Crippen MR) is 235 cm³/mol. The highest BCUT2D eigenvalue weighted by molar-refractivity contribution is 6.06. The zero-order chi connectivity index (χ0) is 37.7. The van der Waals surface area contributed by atoms with Crippen molar-refractivity contribution in [1.82, 2.24) is 4.98 Å². The van der Waals surface area contributed by atoms with E-state index in [-0.39, 0.29) is 0 Å². The molecule has 0 radical (unpaired) electrons. The second-order valence-corrected chi connectivity index (χ2v) is 14.3. The molecule has 0 aliphatic rings. The van der Waals surface area contributed by atoms with E-state index >= 15 is 0 Å². The number of hydrogen-bond acceptors (Lipinski definition) is 4. The average molecular weight is 731 g/mol. The van der Waals surface area contributed by atoms with Crippen molar-refractivity contribution in [1.29, 1.82) is 0 Å². The quantitative estimate of drug-likeness (QED) is 0.164. The topological polar surface area (TPSA) is 42.4 Å². The fraction of sp³-hybridized carbons (Fsp3) is 0. The zero-order valence-corrected chi connectivity index (χ0v) is 30.8. The summed E-state index contributed by atoms with van der Waals surface area (Å²) in [5, 5.41) is 4.65. The van der Waals surface area contributed by atoms with E-state index in [2.05, 4.69) is 163 Å². The van der Waals surface area contributed by atoms with Crippen molar-refractivity contribution in [2.75, 3.05) is 4.90 Å². The first kappa shape index (κ1) is 32.7. The Hall–Kier alpha value is -7.69. The fourth-order valence-corrected chi connectivity index (χ4v) is 8.17. The van der Waals surface area contributed by atoms with Crippen LogP contribution in [0, 0.1) is 0 Å². The van der Waals surface area contributed by atoms with E-state index in [1.165, 1.54) is 16.3 Å². The first-order chi connectivity index (χ1) is 28.2. The smallest absolute Gasteiger partial charge is 0.227 e. The van der Waals surface area contributed by atoms with Gasteiger partial charge in [0.2, 0.25) is 5.89 Å². The molecule has 9 aromatic carbocycles. The van der Waals surface area contributed by atoms with Crippen molar-refractivity contribution in [3.8, 4) is 44.8 Å². The number of oxazole rings is 1. The molecule has 0 N–H and O–H groups in total. The second-order valence-electron chi connectivity index (χ2n) is 14.3. The van der Waals surface area contributed by atoms with Gasteiger partial charge >= 0.3 is 0 Å². The van der Waals surface area contributed by atoms with Crippen LogP contribution in [0.5, 0.6) is 0 Å². The number of nitrogens with zero attached hydrogens (tertiary/aromatic N) is 2. The molecule has 0 saturated carbocycles. The van der Waals surface area contributed by atoms with Crippen molar-refractivity contribution >= 4 is 60.9 Å². The van der Waals surface area contributed by atoms with E-state index in [9.17, 15) is 0 Å². The molecule has 0 aliphatic carbocycles. The molecule has 0 spiro atoms. The Labute approximate surface area is 329 Å². The number of furan rings is 1. The molecular weight excluding hydrogens is 697 g/mol. The lowest BCUT2D eigenvalue weighted by Gasteiger charge is -2.26. The lowest BCUT2D eigenvalue weighted by atomic mass is 9.97. The molecule has 11 rings (SSSR count). The van der Waals surface area contributed by atoms with Crippen molar-refractivity contribution in [3.05, 3.63) is 206 Å². The molecule has 4 nitrogen and oxygen atoms in total. The maximum absolute atomic E-state index is 6.64.